The zero-order valence-electron chi connectivity index (χ0n) is 18.1. The van der Waals surface area contributed by atoms with E-state index in [1.807, 2.05) is 6.92 Å². The molecule has 0 radical (unpaired) electrons. The van der Waals surface area contributed by atoms with Crippen LogP contribution in [0.15, 0.2) is 48.7 Å². The Balaban J connectivity index is 1.75. The van der Waals surface area contributed by atoms with Gasteiger partial charge in [-0.05, 0) is 44.0 Å². The summed E-state index contributed by atoms with van der Waals surface area (Å²) in [6.45, 7) is 2.53. The molecule has 1 aliphatic rings. The van der Waals surface area contributed by atoms with Crippen LogP contribution in [0.3, 0.4) is 0 Å². The van der Waals surface area contributed by atoms with Gasteiger partial charge in [0.05, 0.1) is 18.5 Å². The molecule has 0 saturated heterocycles. The summed E-state index contributed by atoms with van der Waals surface area (Å²) < 4.78 is 20.8. The van der Waals surface area contributed by atoms with Crippen molar-refractivity contribution >= 4 is 23.9 Å². The Morgan fingerprint density at radius 3 is 2.79 bits per heavy atom. The molecule has 4 rings (SSSR count). The van der Waals surface area contributed by atoms with E-state index in [-0.39, 0.29) is 35.1 Å². The topological polar surface area (TPSA) is 115 Å². The van der Waals surface area contributed by atoms with Crippen LogP contribution in [0.1, 0.15) is 34.6 Å². The largest absolute Gasteiger partial charge is 0.493 e. The van der Waals surface area contributed by atoms with Crippen molar-refractivity contribution in [2.24, 2.45) is 0 Å². The monoisotopic (exact) mass is 446 g/mol. The second kappa shape index (κ2) is 9.56. The average Bonchev–Trinajstić information content (AvgIpc) is 2.81. The van der Waals surface area contributed by atoms with Gasteiger partial charge in [0.15, 0.2) is 5.84 Å². The molecule has 0 aliphatic carbocycles. The third-order valence-corrected chi connectivity index (χ3v) is 5.26. The number of anilines is 1. The number of amides is 1. The molecule has 0 fully saturated rings. The predicted octanol–water partition coefficient (Wildman–Crippen LogP) is 4.25. The number of benzene rings is 1. The number of nitrogens with zero attached hydrogens (tertiary/aromatic N) is 3. The second-order valence-corrected chi connectivity index (χ2v) is 7.61. The summed E-state index contributed by atoms with van der Waals surface area (Å²) in [5.41, 5.74) is 2.10. The molecule has 0 spiro atoms. The van der Waals surface area contributed by atoms with Crippen LogP contribution in [0, 0.1) is 23.6 Å². The van der Waals surface area contributed by atoms with Gasteiger partial charge in [-0.25, -0.2) is 9.37 Å². The first-order valence-corrected chi connectivity index (χ1v) is 10.5. The highest BCUT2D eigenvalue weighted by Gasteiger charge is 2.20. The van der Waals surface area contributed by atoms with E-state index < -0.39 is 11.7 Å². The molecule has 3 heterocycles. The van der Waals surface area contributed by atoms with Gasteiger partial charge < -0.3 is 15.0 Å². The second-order valence-electron chi connectivity index (χ2n) is 7.61. The molecule has 2 bridgehead atoms. The van der Waals surface area contributed by atoms with E-state index >= 15 is 0 Å². The van der Waals surface area contributed by atoms with Crippen LogP contribution in [0.5, 0.6) is 5.75 Å². The van der Waals surface area contributed by atoms with Crippen LogP contribution in [-0.4, -0.2) is 46.1 Å². The lowest BCUT2D eigenvalue weighted by molar-refractivity contribution is 0.102. The van der Waals surface area contributed by atoms with Gasteiger partial charge in [0, 0.05) is 35.6 Å². The van der Waals surface area contributed by atoms with E-state index in [0.717, 1.165) is 12.0 Å². The molecule has 3 N–H and O–H groups in total. The number of amidine groups is 1. The van der Waals surface area contributed by atoms with Gasteiger partial charge in [-0.1, -0.05) is 12.1 Å². The minimum Gasteiger partial charge on any atom is -0.493 e. The number of hydrogen-bond donors (Lipinski definition) is 3. The number of aryl methyl sites for hydroxylation is 1. The number of halogens is 1. The number of fused-ring (bicyclic) bond motifs is 3. The quantitative estimate of drug-likeness (QED) is 0.402. The minimum atomic E-state index is -0.517. The van der Waals surface area contributed by atoms with Crippen LogP contribution >= 0.6 is 0 Å². The van der Waals surface area contributed by atoms with Crippen LogP contribution in [0.2, 0.25) is 0 Å². The van der Waals surface area contributed by atoms with Crippen LogP contribution in [0.4, 0.5) is 10.2 Å². The lowest BCUT2D eigenvalue weighted by Gasteiger charge is -2.20. The first kappa shape index (κ1) is 22.1. The van der Waals surface area contributed by atoms with Crippen molar-refractivity contribution in [2.75, 3.05) is 18.5 Å². The lowest BCUT2D eigenvalue weighted by Crippen LogP contribution is -2.31. The number of pyridine rings is 2. The molecule has 1 amide bonds. The van der Waals surface area contributed by atoms with E-state index in [0.29, 0.717) is 30.6 Å². The number of rotatable bonds is 2. The van der Waals surface area contributed by atoms with Gasteiger partial charge in [0.2, 0.25) is 0 Å². The summed E-state index contributed by atoms with van der Waals surface area (Å²) in [5.74, 6) is -0.590. The number of nitrogens with one attached hydrogen (secondary N) is 3. The van der Waals surface area contributed by atoms with E-state index in [1.165, 1.54) is 17.0 Å². The van der Waals surface area contributed by atoms with E-state index in [1.54, 1.807) is 36.5 Å². The first-order valence-electron chi connectivity index (χ1n) is 10.5. The number of carbonyl (C=O) groups is 1. The maximum Gasteiger partial charge on any atom is 0.260 e. The highest BCUT2D eigenvalue weighted by Crippen LogP contribution is 2.31. The van der Waals surface area contributed by atoms with E-state index in [2.05, 4.69) is 15.3 Å². The molecule has 0 saturated carbocycles. The number of hydrogen-bond acceptors (Lipinski definition) is 6. The summed E-state index contributed by atoms with van der Waals surface area (Å²) in [7, 11) is 0. The van der Waals surface area contributed by atoms with Crippen molar-refractivity contribution in [1.29, 1.82) is 10.8 Å². The van der Waals surface area contributed by atoms with Crippen LogP contribution < -0.4 is 10.1 Å². The molecule has 2 aromatic heterocycles. The standard InChI is InChI=1S/C24H23FN6O2/c1-15-7-8-16(13-28-15)17-11-18-21(12-19(17)25)33-10-3-2-9-31(14-26)23(27)20-5-4-6-22(29-20)30-24(18)32/h4-8,11-14,26-27H,2-3,9-10H2,1H3,(H,29,30,32). The van der Waals surface area contributed by atoms with Gasteiger partial charge in [-0.2, -0.15) is 0 Å². The Hall–Kier alpha value is -4.14. The molecular formula is C24H23FN6O2. The van der Waals surface area contributed by atoms with Gasteiger partial charge in [-0.3, -0.25) is 20.6 Å². The molecular weight excluding hydrogens is 423 g/mol. The SMILES string of the molecule is Cc1ccc(-c2cc3c(cc2F)OCCCCN(C=N)C(=N)c2cccc(n2)NC3=O)cn1. The van der Waals surface area contributed by atoms with Crippen LogP contribution in [0.25, 0.3) is 11.1 Å². The smallest absolute Gasteiger partial charge is 0.260 e. The molecule has 1 aliphatic heterocycles. The van der Waals surface area contributed by atoms with Gasteiger partial charge >= 0.3 is 0 Å². The third-order valence-electron chi connectivity index (χ3n) is 5.26. The molecule has 8 nitrogen and oxygen atoms in total. The van der Waals surface area contributed by atoms with Crippen molar-refractivity contribution in [3.63, 3.8) is 0 Å². The van der Waals surface area contributed by atoms with Gasteiger partial charge in [0.25, 0.3) is 5.91 Å². The molecule has 9 heteroatoms. The summed E-state index contributed by atoms with van der Waals surface area (Å²) in [5, 5.41) is 18.7. The van der Waals surface area contributed by atoms with Gasteiger partial charge in [-0.15, -0.1) is 0 Å². The zero-order valence-corrected chi connectivity index (χ0v) is 18.1. The Morgan fingerprint density at radius 1 is 1.18 bits per heavy atom. The number of ether oxygens (including phenoxy) is 1. The van der Waals surface area contributed by atoms with Crippen LogP contribution in [-0.2, 0) is 0 Å². The van der Waals surface area contributed by atoms with Crippen molar-refractivity contribution in [3.8, 4) is 16.9 Å². The molecule has 1 aromatic carbocycles. The fourth-order valence-electron chi connectivity index (χ4n) is 3.47. The molecule has 0 unspecified atom stereocenters. The van der Waals surface area contributed by atoms with Crippen molar-refractivity contribution in [3.05, 3.63) is 71.4 Å². The first-order chi connectivity index (χ1) is 16.0. The summed E-state index contributed by atoms with van der Waals surface area (Å²) >= 11 is 0. The average molecular weight is 446 g/mol. The molecule has 3 aromatic rings. The molecule has 0 atom stereocenters. The van der Waals surface area contributed by atoms with Crippen molar-refractivity contribution in [1.82, 2.24) is 14.9 Å². The Labute approximate surface area is 190 Å². The minimum absolute atomic E-state index is 0.0655. The van der Waals surface area contributed by atoms with Gasteiger partial charge in [0.1, 0.15) is 23.1 Å². The summed E-state index contributed by atoms with van der Waals surface area (Å²) in [6, 6.07) is 11.1. The summed E-state index contributed by atoms with van der Waals surface area (Å²) in [6.07, 6.45) is 3.87. The van der Waals surface area contributed by atoms with E-state index in [9.17, 15) is 9.18 Å². The normalized spacial score (nSPS) is 14.5. The maximum absolute atomic E-state index is 15.0. The van der Waals surface area contributed by atoms with Crippen molar-refractivity contribution < 1.29 is 13.9 Å². The lowest BCUT2D eigenvalue weighted by atomic mass is 10.0. The third kappa shape index (κ3) is 4.87. The number of aromatic nitrogens is 2. The van der Waals surface area contributed by atoms with Crippen molar-refractivity contribution in [2.45, 2.75) is 19.8 Å². The molecule has 33 heavy (non-hydrogen) atoms. The fraction of sp³-hybridized carbons (Fsp3) is 0.208. The maximum atomic E-state index is 15.0. The molecule has 168 valence electrons. The Kier molecular flexibility index (Phi) is 6.39. The Bertz CT molecular complexity index is 1210. The fourth-order valence-corrected chi connectivity index (χ4v) is 3.47. The van der Waals surface area contributed by atoms with E-state index in [4.69, 9.17) is 15.6 Å². The Morgan fingerprint density at radius 2 is 2.03 bits per heavy atom. The highest BCUT2D eigenvalue weighted by molar-refractivity contribution is 6.07. The zero-order chi connectivity index (χ0) is 23.4. The number of carbonyl (C=O) groups excluding carboxylic acids is 1. The summed E-state index contributed by atoms with van der Waals surface area (Å²) in [4.78, 5) is 23.2. The highest BCUT2D eigenvalue weighted by atomic mass is 19.1. The predicted molar refractivity (Wildman–Crippen MR) is 124 cm³/mol.